The predicted octanol–water partition coefficient (Wildman–Crippen LogP) is 4.87. The molecule has 134 valence electrons. The van der Waals surface area contributed by atoms with Crippen LogP contribution >= 0.6 is 0 Å². The van der Waals surface area contributed by atoms with Gasteiger partial charge in [0.2, 0.25) is 0 Å². The van der Waals surface area contributed by atoms with Crippen molar-refractivity contribution in [1.82, 2.24) is 4.57 Å². The average Bonchev–Trinajstić information content (AvgIpc) is 2.98. The molecule has 0 amide bonds. The van der Waals surface area contributed by atoms with Crippen LogP contribution in [0.3, 0.4) is 0 Å². The molecule has 0 radical (unpaired) electrons. The first-order chi connectivity index (χ1) is 12.2. The third-order valence-electron chi connectivity index (χ3n) is 4.85. The minimum absolute atomic E-state index is 0.256. The highest BCUT2D eigenvalue weighted by molar-refractivity contribution is 6.04. The first kappa shape index (κ1) is 17.5. The highest BCUT2D eigenvalue weighted by atomic mass is 16.6. The summed E-state index contributed by atoms with van der Waals surface area (Å²) in [5.74, 6) is -0.180. The summed E-state index contributed by atoms with van der Waals surface area (Å²) in [4.78, 5) is 25.4. The molecule has 1 saturated carbocycles. The van der Waals surface area contributed by atoms with Gasteiger partial charge in [0.05, 0.1) is 18.7 Å². The van der Waals surface area contributed by atoms with E-state index in [1.807, 2.05) is 24.3 Å². The number of fused-ring (bicyclic) bond motifs is 1. The van der Waals surface area contributed by atoms with Crippen molar-refractivity contribution in [2.24, 2.45) is 0 Å². The van der Waals surface area contributed by atoms with Gasteiger partial charge >= 0.3 is 12.1 Å². The van der Waals surface area contributed by atoms with Gasteiger partial charge in [-0.05, 0) is 44.2 Å². The monoisotopic (exact) mass is 343 g/mol. The van der Waals surface area contributed by atoms with Crippen molar-refractivity contribution in [2.75, 3.05) is 13.2 Å². The number of carbonyl (C=O) groups is 2. The number of benzene rings is 1. The minimum Gasteiger partial charge on any atom is -0.461 e. The lowest BCUT2D eigenvalue weighted by atomic mass is 9.82. The lowest BCUT2D eigenvalue weighted by Gasteiger charge is -2.22. The van der Waals surface area contributed by atoms with Crippen LogP contribution in [0.1, 0.15) is 67.9 Å². The number of para-hydroxylation sites is 1. The van der Waals surface area contributed by atoms with Crippen LogP contribution in [-0.4, -0.2) is 29.8 Å². The Bertz CT molecular complexity index is 771. The normalized spacial score (nSPS) is 15.3. The molecule has 1 heterocycles. The van der Waals surface area contributed by atoms with Gasteiger partial charge in [0.1, 0.15) is 5.69 Å². The van der Waals surface area contributed by atoms with Crippen molar-refractivity contribution >= 4 is 23.0 Å². The Morgan fingerprint density at radius 2 is 1.72 bits per heavy atom. The van der Waals surface area contributed by atoms with Crippen LogP contribution in [0, 0.1) is 0 Å². The van der Waals surface area contributed by atoms with Crippen LogP contribution in [0.4, 0.5) is 4.79 Å². The lowest BCUT2D eigenvalue weighted by molar-refractivity contribution is 0.0509. The number of ether oxygens (including phenoxy) is 2. The number of rotatable bonds is 4. The molecule has 0 saturated heterocycles. The van der Waals surface area contributed by atoms with Crippen LogP contribution in [0.5, 0.6) is 0 Å². The molecule has 2 aromatic rings. The van der Waals surface area contributed by atoms with E-state index in [9.17, 15) is 9.59 Å². The summed E-state index contributed by atoms with van der Waals surface area (Å²) < 4.78 is 11.9. The molecule has 5 heteroatoms. The van der Waals surface area contributed by atoms with Crippen LogP contribution in [-0.2, 0) is 9.47 Å². The van der Waals surface area contributed by atoms with E-state index >= 15 is 0 Å². The standard InChI is InChI=1S/C20H25NO4/c1-3-24-19(22)18-17(14-10-6-5-7-11-14)15-12-8-9-13-16(15)21(18)20(23)25-4-2/h8-9,12-14H,3-7,10-11H2,1-2H3. The Balaban J connectivity index is 2.25. The van der Waals surface area contributed by atoms with Crippen LogP contribution in [0.2, 0.25) is 0 Å². The number of hydrogen-bond acceptors (Lipinski definition) is 4. The molecule has 0 N–H and O–H groups in total. The molecule has 0 unspecified atom stereocenters. The van der Waals surface area contributed by atoms with E-state index in [0.29, 0.717) is 11.2 Å². The first-order valence-corrected chi connectivity index (χ1v) is 9.16. The van der Waals surface area contributed by atoms with Crippen LogP contribution < -0.4 is 0 Å². The molecule has 0 atom stereocenters. The maximum Gasteiger partial charge on any atom is 0.419 e. The van der Waals surface area contributed by atoms with Crippen molar-refractivity contribution in [3.05, 3.63) is 35.5 Å². The molecule has 5 nitrogen and oxygen atoms in total. The number of aromatic nitrogens is 1. The van der Waals surface area contributed by atoms with Crippen molar-refractivity contribution < 1.29 is 19.1 Å². The Labute approximate surface area is 147 Å². The van der Waals surface area contributed by atoms with Gasteiger partial charge in [-0.2, -0.15) is 0 Å². The average molecular weight is 343 g/mol. The van der Waals surface area contributed by atoms with Gasteiger partial charge in [-0.1, -0.05) is 37.5 Å². The van der Waals surface area contributed by atoms with Gasteiger partial charge in [0, 0.05) is 5.39 Å². The zero-order valence-electron chi connectivity index (χ0n) is 14.9. The fraction of sp³-hybridized carbons (Fsp3) is 0.500. The number of hydrogen-bond donors (Lipinski definition) is 0. The van der Waals surface area contributed by atoms with Crippen LogP contribution in [0.15, 0.2) is 24.3 Å². The zero-order chi connectivity index (χ0) is 17.8. The summed E-state index contributed by atoms with van der Waals surface area (Å²) in [5, 5.41) is 0.950. The summed E-state index contributed by atoms with van der Waals surface area (Å²) in [7, 11) is 0. The highest BCUT2D eigenvalue weighted by Crippen LogP contribution is 2.40. The molecular weight excluding hydrogens is 318 g/mol. The van der Waals surface area contributed by atoms with Gasteiger partial charge in [-0.15, -0.1) is 0 Å². The Kier molecular flexibility index (Phi) is 5.41. The van der Waals surface area contributed by atoms with Gasteiger partial charge in [0.25, 0.3) is 0 Å². The van der Waals surface area contributed by atoms with E-state index in [-0.39, 0.29) is 19.1 Å². The minimum atomic E-state index is -0.524. The van der Waals surface area contributed by atoms with Crippen molar-refractivity contribution in [1.29, 1.82) is 0 Å². The molecular formula is C20H25NO4. The second kappa shape index (κ2) is 7.72. The molecule has 1 aromatic heterocycles. The second-order valence-electron chi connectivity index (χ2n) is 6.37. The van der Waals surface area contributed by atoms with Crippen molar-refractivity contribution in [3.63, 3.8) is 0 Å². The Hall–Kier alpha value is -2.30. The molecule has 0 spiro atoms. The quantitative estimate of drug-likeness (QED) is 0.743. The van der Waals surface area contributed by atoms with Crippen molar-refractivity contribution in [2.45, 2.75) is 51.9 Å². The predicted molar refractivity (Wildman–Crippen MR) is 96.1 cm³/mol. The molecule has 25 heavy (non-hydrogen) atoms. The van der Waals surface area contributed by atoms with Crippen LogP contribution in [0.25, 0.3) is 10.9 Å². The topological polar surface area (TPSA) is 57.5 Å². The summed E-state index contributed by atoms with van der Waals surface area (Å²) in [6, 6.07) is 7.66. The first-order valence-electron chi connectivity index (χ1n) is 9.16. The van der Waals surface area contributed by atoms with Gasteiger partial charge < -0.3 is 9.47 Å². The number of carbonyl (C=O) groups excluding carboxylic acids is 2. The number of esters is 1. The van der Waals surface area contributed by atoms with Gasteiger partial charge in [0.15, 0.2) is 0 Å². The summed E-state index contributed by atoms with van der Waals surface area (Å²) in [6.07, 6.45) is 5.05. The maximum absolute atomic E-state index is 12.8. The largest absolute Gasteiger partial charge is 0.461 e. The molecule has 1 fully saturated rings. The van der Waals surface area contributed by atoms with E-state index in [4.69, 9.17) is 9.47 Å². The highest BCUT2D eigenvalue weighted by Gasteiger charge is 2.32. The molecule has 0 bridgehead atoms. The fourth-order valence-electron chi connectivity index (χ4n) is 3.85. The Morgan fingerprint density at radius 1 is 1.04 bits per heavy atom. The molecule has 3 rings (SSSR count). The number of nitrogens with zero attached hydrogens (tertiary/aromatic N) is 1. The SMILES string of the molecule is CCOC(=O)c1c(C2CCCCC2)c2ccccc2n1C(=O)OCC. The van der Waals surface area contributed by atoms with E-state index in [2.05, 4.69) is 0 Å². The van der Waals surface area contributed by atoms with E-state index in [1.54, 1.807) is 13.8 Å². The van der Waals surface area contributed by atoms with E-state index in [0.717, 1.165) is 36.6 Å². The maximum atomic E-state index is 12.8. The fourth-order valence-corrected chi connectivity index (χ4v) is 3.85. The van der Waals surface area contributed by atoms with Gasteiger partial charge in [-0.3, -0.25) is 0 Å². The molecule has 1 aliphatic rings. The molecule has 1 aliphatic carbocycles. The summed E-state index contributed by atoms with van der Waals surface area (Å²) in [6.45, 7) is 4.06. The second-order valence-corrected chi connectivity index (χ2v) is 6.37. The molecule has 0 aliphatic heterocycles. The lowest BCUT2D eigenvalue weighted by Crippen LogP contribution is -2.22. The Morgan fingerprint density at radius 3 is 2.40 bits per heavy atom. The summed E-state index contributed by atoms with van der Waals surface area (Å²) >= 11 is 0. The van der Waals surface area contributed by atoms with E-state index < -0.39 is 12.1 Å². The molecule has 1 aromatic carbocycles. The smallest absolute Gasteiger partial charge is 0.419 e. The third-order valence-corrected chi connectivity index (χ3v) is 4.85. The van der Waals surface area contributed by atoms with E-state index in [1.165, 1.54) is 11.0 Å². The summed E-state index contributed by atoms with van der Waals surface area (Å²) in [5.41, 5.74) is 2.00. The zero-order valence-corrected chi connectivity index (χ0v) is 14.9. The van der Waals surface area contributed by atoms with Crippen molar-refractivity contribution in [3.8, 4) is 0 Å². The van der Waals surface area contributed by atoms with Gasteiger partial charge in [-0.25, -0.2) is 14.2 Å². The third kappa shape index (κ3) is 3.28.